The van der Waals surface area contributed by atoms with E-state index in [4.69, 9.17) is 13.3 Å². The molecule has 184 valence electrons. The van der Waals surface area contributed by atoms with Gasteiger partial charge >= 0.3 is 0 Å². The Morgan fingerprint density at radius 2 is 1.13 bits per heavy atom. The molecule has 3 nitrogen and oxygen atoms in total. The lowest BCUT2D eigenvalue weighted by molar-refractivity contribution is 0.0940. The smallest absolute Gasteiger partial charge is 0.192 e. The lowest BCUT2D eigenvalue weighted by Crippen LogP contribution is -2.49. The van der Waals surface area contributed by atoms with Crippen LogP contribution in [0.2, 0.25) is 54.4 Å². The molecule has 0 unspecified atom stereocenters. The molecule has 0 saturated heterocycles. The molecule has 0 aromatic rings. The topological polar surface area (TPSA) is 27.7 Å². The second-order valence-electron chi connectivity index (χ2n) is 14.2. The molecule has 0 aromatic heterocycles. The first kappa shape index (κ1) is 29.3. The van der Waals surface area contributed by atoms with Crippen molar-refractivity contribution in [3.63, 3.8) is 0 Å². The molecular formula is C25H54O3Si3. The van der Waals surface area contributed by atoms with Crippen molar-refractivity contribution < 1.29 is 13.3 Å². The van der Waals surface area contributed by atoms with Crippen molar-refractivity contribution in [3.8, 4) is 0 Å². The van der Waals surface area contributed by atoms with E-state index in [1.807, 2.05) is 0 Å². The first-order chi connectivity index (χ1) is 13.5. The summed E-state index contributed by atoms with van der Waals surface area (Å²) in [6.07, 6.45) is 4.65. The normalized spacial score (nSPS) is 22.5. The van der Waals surface area contributed by atoms with E-state index in [0.29, 0.717) is 6.61 Å². The van der Waals surface area contributed by atoms with Crippen molar-refractivity contribution in [2.45, 2.75) is 142 Å². The van der Waals surface area contributed by atoms with Crippen LogP contribution >= 0.6 is 0 Å². The molecular weight excluding hydrogens is 433 g/mol. The van der Waals surface area contributed by atoms with E-state index in [-0.39, 0.29) is 27.3 Å². The fourth-order valence-corrected chi connectivity index (χ4v) is 6.53. The quantitative estimate of drug-likeness (QED) is 0.266. The van der Waals surface area contributed by atoms with E-state index in [1.54, 1.807) is 0 Å². The van der Waals surface area contributed by atoms with Gasteiger partial charge in [0.2, 0.25) is 0 Å². The molecule has 0 aromatic carbocycles. The molecule has 0 spiro atoms. The fourth-order valence-electron chi connectivity index (χ4n) is 2.88. The highest BCUT2D eigenvalue weighted by molar-refractivity contribution is 6.75. The van der Waals surface area contributed by atoms with Gasteiger partial charge < -0.3 is 13.3 Å². The largest absolute Gasteiger partial charge is 0.414 e. The van der Waals surface area contributed by atoms with Gasteiger partial charge in [0.25, 0.3) is 0 Å². The summed E-state index contributed by atoms with van der Waals surface area (Å²) < 4.78 is 20.4. The maximum Gasteiger partial charge on any atom is 0.192 e. The highest BCUT2D eigenvalue weighted by Crippen LogP contribution is 2.43. The van der Waals surface area contributed by atoms with E-state index in [9.17, 15) is 0 Å². The third-order valence-corrected chi connectivity index (χ3v) is 21.9. The van der Waals surface area contributed by atoms with Crippen molar-refractivity contribution in [1.29, 1.82) is 0 Å². The Balaban J connectivity index is 3.11. The van der Waals surface area contributed by atoms with Crippen molar-refractivity contribution >= 4 is 25.0 Å². The summed E-state index contributed by atoms with van der Waals surface area (Å²) in [5.74, 6) is 0. The monoisotopic (exact) mass is 486 g/mol. The van der Waals surface area contributed by atoms with E-state index in [2.05, 4.69) is 108 Å². The molecule has 0 bridgehead atoms. The molecule has 2 atom stereocenters. The third-order valence-electron chi connectivity index (χ3n) is 8.45. The zero-order chi connectivity index (χ0) is 24.7. The van der Waals surface area contributed by atoms with Crippen LogP contribution in [0.15, 0.2) is 11.6 Å². The van der Waals surface area contributed by atoms with Gasteiger partial charge in [-0.2, -0.15) is 0 Å². The first-order valence-corrected chi connectivity index (χ1v) is 20.9. The Hall–Kier alpha value is 0.271. The second-order valence-corrected chi connectivity index (χ2v) is 28.5. The van der Waals surface area contributed by atoms with Gasteiger partial charge in [-0.15, -0.1) is 0 Å². The molecule has 0 N–H and O–H groups in total. The van der Waals surface area contributed by atoms with Crippen LogP contribution in [0.25, 0.3) is 0 Å². The Labute approximate surface area is 198 Å². The summed E-state index contributed by atoms with van der Waals surface area (Å²) in [4.78, 5) is 0. The Morgan fingerprint density at radius 1 is 0.710 bits per heavy atom. The van der Waals surface area contributed by atoms with Crippen molar-refractivity contribution in [3.05, 3.63) is 11.6 Å². The van der Waals surface area contributed by atoms with Crippen LogP contribution < -0.4 is 0 Å². The second kappa shape index (κ2) is 9.49. The summed E-state index contributed by atoms with van der Waals surface area (Å²) in [6, 6.07) is 0. The molecule has 0 amide bonds. The molecule has 1 rings (SSSR count). The van der Waals surface area contributed by atoms with Crippen LogP contribution in [-0.4, -0.2) is 43.8 Å². The maximum atomic E-state index is 6.98. The summed E-state index contributed by atoms with van der Waals surface area (Å²) >= 11 is 0. The molecule has 1 aliphatic rings. The fraction of sp³-hybridized carbons (Fsp3) is 0.920. The van der Waals surface area contributed by atoms with Gasteiger partial charge in [0, 0.05) is 6.42 Å². The van der Waals surface area contributed by atoms with E-state index >= 15 is 0 Å². The van der Waals surface area contributed by atoms with Crippen LogP contribution in [0.3, 0.4) is 0 Å². The van der Waals surface area contributed by atoms with Gasteiger partial charge in [-0.25, -0.2) is 0 Å². The summed E-state index contributed by atoms with van der Waals surface area (Å²) in [5.41, 5.74) is 1.34. The predicted octanol–water partition coefficient (Wildman–Crippen LogP) is 8.51. The van der Waals surface area contributed by atoms with Gasteiger partial charge in [0.05, 0.1) is 18.8 Å². The number of rotatable bonds is 7. The van der Waals surface area contributed by atoms with Crippen LogP contribution in [0.4, 0.5) is 0 Å². The van der Waals surface area contributed by atoms with E-state index in [0.717, 1.165) is 12.8 Å². The van der Waals surface area contributed by atoms with E-state index in [1.165, 1.54) is 5.57 Å². The molecule has 0 heterocycles. The standard InChI is InChI=1S/C25H54O3Si3/c1-23(2,3)29(10,11)26-19-20-16-17-21(27-30(12,13)24(4,5)6)18-22(20)28-31(14,15)25(7,8)9/h16,21-22H,17-19H2,1-15H3/t21-,22+/m1/s1. The highest BCUT2D eigenvalue weighted by atomic mass is 28.4. The summed E-state index contributed by atoms with van der Waals surface area (Å²) in [5, 5.41) is 0.621. The summed E-state index contributed by atoms with van der Waals surface area (Å²) in [7, 11) is -5.51. The van der Waals surface area contributed by atoms with Gasteiger partial charge in [-0.3, -0.25) is 0 Å². The zero-order valence-electron chi connectivity index (χ0n) is 23.6. The van der Waals surface area contributed by atoms with Crippen LogP contribution in [0.5, 0.6) is 0 Å². The van der Waals surface area contributed by atoms with Crippen LogP contribution in [0.1, 0.15) is 75.2 Å². The molecule has 0 aliphatic heterocycles. The first-order valence-electron chi connectivity index (χ1n) is 12.2. The Morgan fingerprint density at radius 3 is 1.55 bits per heavy atom. The molecule has 6 heteroatoms. The molecule has 0 radical (unpaired) electrons. The average molecular weight is 487 g/mol. The molecule has 0 saturated carbocycles. The third kappa shape index (κ3) is 7.64. The van der Waals surface area contributed by atoms with Gasteiger partial charge in [-0.1, -0.05) is 68.4 Å². The Bertz CT molecular complexity index is 632. The van der Waals surface area contributed by atoms with Crippen molar-refractivity contribution in [2.24, 2.45) is 0 Å². The summed E-state index contributed by atoms with van der Waals surface area (Å²) in [6.45, 7) is 35.6. The Kier molecular flexibility index (Phi) is 8.97. The minimum atomic E-state index is -1.90. The lowest BCUT2D eigenvalue weighted by Gasteiger charge is -2.45. The van der Waals surface area contributed by atoms with E-state index < -0.39 is 25.0 Å². The predicted molar refractivity (Wildman–Crippen MR) is 145 cm³/mol. The van der Waals surface area contributed by atoms with Gasteiger partial charge in [0.1, 0.15) is 0 Å². The molecule has 0 fully saturated rings. The van der Waals surface area contributed by atoms with Gasteiger partial charge in [-0.05, 0) is 66.4 Å². The number of hydrogen-bond acceptors (Lipinski definition) is 3. The van der Waals surface area contributed by atoms with Crippen molar-refractivity contribution in [1.82, 2.24) is 0 Å². The van der Waals surface area contributed by atoms with Crippen LogP contribution in [-0.2, 0) is 13.3 Å². The minimum Gasteiger partial charge on any atom is -0.414 e. The maximum absolute atomic E-state index is 6.98. The highest BCUT2D eigenvalue weighted by Gasteiger charge is 2.44. The molecule has 1 aliphatic carbocycles. The molecule has 31 heavy (non-hydrogen) atoms. The SMILES string of the molecule is CC(C)(C)[Si](C)(C)OCC1=CC[C@@H](O[Si](C)(C)C(C)(C)C)C[C@@H]1O[Si](C)(C)C(C)(C)C. The minimum absolute atomic E-state index is 0.106. The average Bonchev–Trinajstić information content (AvgIpc) is 2.50. The zero-order valence-corrected chi connectivity index (χ0v) is 26.6. The van der Waals surface area contributed by atoms with Gasteiger partial charge in [0.15, 0.2) is 25.0 Å². The van der Waals surface area contributed by atoms with Crippen molar-refractivity contribution in [2.75, 3.05) is 6.61 Å². The van der Waals surface area contributed by atoms with Crippen LogP contribution in [0, 0.1) is 0 Å². The lowest BCUT2D eigenvalue weighted by atomic mass is 9.95. The number of hydrogen-bond donors (Lipinski definition) is 0.